The minimum absolute atomic E-state index is 0.117. The average molecular weight is 248 g/mol. The summed E-state index contributed by atoms with van der Waals surface area (Å²) in [6.07, 6.45) is 0. The largest absolute Gasteiger partial charge is 0.507 e. The molecule has 0 heterocycles. The number of benzene rings is 1. The Morgan fingerprint density at radius 1 is 1.53 bits per heavy atom. The summed E-state index contributed by atoms with van der Waals surface area (Å²) in [7, 11) is 1.62. The fraction of sp³-hybridized carbons (Fsp3) is 0.300. The first-order valence-electron chi connectivity index (χ1n) is 4.36. The van der Waals surface area contributed by atoms with E-state index in [-0.39, 0.29) is 17.2 Å². The standard InChI is InChI=1S/C10H11Cl2NO2/c1-13(5-4-11)10(15)8-3-2-7(12)6-9(8)14/h2-3,6,14H,4-5H2,1H3. The highest BCUT2D eigenvalue weighted by Crippen LogP contribution is 2.22. The Morgan fingerprint density at radius 2 is 2.20 bits per heavy atom. The molecule has 0 bridgehead atoms. The van der Waals surface area contributed by atoms with Crippen LogP contribution in [0, 0.1) is 0 Å². The van der Waals surface area contributed by atoms with Gasteiger partial charge in [0, 0.05) is 24.5 Å². The molecule has 1 aromatic rings. The number of aromatic hydroxyl groups is 1. The third-order valence-electron chi connectivity index (χ3n) is 1.96. The number of phenols is 1. The molecular weight excluding hydrogens is 237 g/mol. The van der Waals surface area contributed by atoms with Crippen molar-refractivity contribution in [2.45, 2.75) is 0 Å². The quantitative estimate of drug-likeness (QED) is 0.834. The lowest BCUT2D eigenvalue weighted by atomic mass is 10.2. The van der Waals surface area contributed by atoms with Crippen LogP contribution in [0.1, 0.15) is 10.4 Å². The number of carbonyl (C=O) groups is 1. The minimum atomic E-state index is -0.273. The zero-order chi connectivity index (χ0) is 11.4. The van der Waals surface area contributed by atoms with E-state index in [0.29, 0.717) is 17.4 Å². The second kappa shape index (κ2) is 5.24. The Bertz CT molecular complexity index is 368. The van der Waals surface area contributed by atoms with Gasteiger partial charge in [-0.15, -0.1) is 11.6 Å². The smallest absolute Gasteiger partial charge is 0.257 e. The maximum absolute atomic E-state index is 11.7. The SMILES string of the molecule is CN(CCCl)C(=O)c1ccc(Cl)cc1O. The molecule has 1 amide bonds. The van der Waals surface area contributed by atoms with Crippen molar-refractivity contribution in [2.24, 2.45) is 0 Å². The molecule has 82 valence electrons. The van der Waals surface area contributed by atoms with Crippen molar-refractivity contribution in [3.8, 4) is 5.75 Å². The molecule has 5 heteroatoms. The van der Waals surface area contributed by atoms with Gasteiger partial charge in [-0.2, -0.15) is 0 Å². The van der Waals surface area contributed by atoms with Gasteiger partial charge >= 0.3 is 0 Å². The third-order valence-corrected chi connectivity index (χ3v) is 2.36. The zero-order valence-electron chi connectivity index (χ0n) is 8.20. The molecule has 0 fully saturated rings. The Kier molecular flexibility index (Phi) is 4.24. The second-order valence-electron chi connectivity index (χ2n) is 3.08. The van der Waals surface area contributed by atoms with Crippen LogP contribution in [0.25, 0.3) is 0 Å². The monoisotopic (exact) mass is 247 g/mol. The van der Waals surface area contributed by atoms with E-state index in [0.717, 1.165) is 0 Å². The van der Waals surface area contributed by atoms with Crippen LogP contribution in [0.4, 0.5) is 0 Å². The van der Waals surface area contributed by atoms with Crippen LogP contribution in [0.15, 0.2) is 18.2 Å². The molecule has 0 aliphatic rings. The van der Waals surface area contributed by atoms with Crippen molar-refractivity contribution in [3.63, 3.8) is 0 Å². The summed E-state index contributed by atoms with van der Waals surface area (Å²) in [5, 5.41) is 9.91. The number of halogens is 2. The molecule has 1 N–H and O–H groups in total. The Morgan fingerprint density at radius 3 is 2.73 bits per heavy atom. The molecular formula is C10H11Cl2NO2. The van der Waals surface area contributed by atoms with Crippen molar-refractivity contribution < 1.29 is 9.90 Å². The summed E-state index contributed by atoms with van der Waals surface area (Å²) < 4.78 is 0. The van der Waals surface area contributed by atoms with E-state index < -0.39 is 0 Å². The van der Waals surface area contributed by atoms with Gasteiger partial charge in [0.15, 0.2) is 0 Å². The molecule has 0 atom stereocenters. The van der Waals surface area contributed by atoms with Gasteiger partial charge in [0.2, 0.25) is 0 Å². The maximum atomic E-state index is 11.7. The summed E-state index contributed by atoms with van der Waals surface area (Å²) >= 11 is 11.2. The van der Waals surface area contributed by atoms with E-state index in [4.69, 9.17) is 23.2 Å². The lowest BCUT2D eigenvalue weighted by Crippen LogP contribution is -2.28. The number of nitrogens with zero attached hydrogens (tertiary/aromatic N) is 1. The van der Waals surface area contributed by atoms with Gasteiger partial charge in [-0.1, -0.05) is 11.6 Å². The van der Waals surface area contributed by atoms with E-state index in [9.17, 15) is 9.90 Å². The summed E-state index contributed by atoms with van der Waals surface area (Å²) in [4.78, 5) is 13.2. The molecule has 15 heavy (non-hydrogen) atoms. The number of phenolic OH excluding ortho intramolecular Hbond substituents is 1. The van der Waals surface area contributed by atoms with Crippen molar-refractivity contribution in [2.75, 3.05) is 19.5 Å². The van der Waals surface area contributed by atoms with Gasteiger partial charge in [-0.05, 0) is 18.2 Å². The van der Waals surface area contributed by atoms with Crippen molar-refractivity contribution >= 4 is 29.1 Å². The lowest BCUT2D eigenvalue weighted by molar-refractivity contribution is 0.0800. The van der Waals surface area contributed by atoms with Crippen molar-refractivity contribution in [1.29, 1.82) is 0 Å². The maximum Gasteiger partial charge on any atom is 0.257 e. The van der Waals surface area contributed by atoms with Gasteiger partial charge in [0.1, 0.15) is 5.75 Å². The second-order valence-corrected chi connectivity index (χ2v) is 3.89. The van der Waals surface area contributed by atoms with Crippen LogP contribution < -0.4 is 0 Å². The van der Waals surface area contributed by atoms with Crippen LogP contribution in [0.3, 0.4) is 0 Å². The first kappa shape index (κ1) is 12.1. The van der Waals surface area contributed by atoms with E-state index in [1.165, 1.54) is 17.0 Å². The van der Waals surface area contributed by atoms with E-state index in [2.05, 4.69) is 0 Å². The summed E-state index contributed by atoms with van der Waals surface area (Å²) in [6, 6.07) is 4.39. The number of rotatable bonds is 3. The van der Waals surface area contributed by atoms with Crippen molar-refractivity contribution in [3.05, 3.63) is 28.8 Å². The molecule has 0 aliphatic carbocycles. The van der Waals surface area contributed by atoms with Crippen LogP contribution in [0.2, 0.25) is 5.02 Å². The Labute approximate surface area is 98.2 Å². The Balaban J connectivity index is 2.91. The van der Waals surface area contributed by atoms with Crippen LogP contribution in [0.5, 0.6) is 5.75 Å². The third kappa shape index (κ3) is 3.01. The van der Waals surface area contributed by atoms with E-state index in [1.54, 1.807) is 13.1 Å². The van der Waals surface area contributed by atoms with Gasteiger partial charge in [-0.3, -0.25) is 4.79 Å². The predicted molar refractivity (Wildman–Crippen MR) is 60.8 cm³/mol. The molecule has 0 aliphatic heterocycles. The molecule has 0 saturated heterocycles. The first-order chi connectivity index (χ1) is 7.06. The average Bonchev–Trinajstić information content (AvgIpc) is 2.17. The lowest BCUT2D eigenvalue weighted by Gasteiger charge is -2.16. The Hall–Kier alpha value is -0.930. The van der Waals surface area contributed by atoms with E-state index >= 15 is 0 Å². The van der Waals surface area contributed by atoms with Crippen LogP contribution >= 0.6 is 23.2 Å². The van der Waals surface area contributed by atoms with Crippen LogP contribution in [-0.4, -0.2) is 35.4 Å². The number of amides is 1. The molecule has 1 aromatic carbocycles. The summed E-state index contributed by atoms with van der Waals surface area (Å²) in [5.41, 5.74) is 0.229. The molecule has 0 saturated carbocycles. The number of carbonyl (C=O) groups excluding carboxylic acids is 1. The summed E-state index contributed by atoms with van der Waals surface area (Å²) in [6.45, 7) is 0.433. The summed E-state index contributed by atoms with van der Waals surface area (Å²) in [5.74, 6) is -0.0323. The molecule has 0 radical (unpaired) electrons. The fourth-order valence-corrected chi connectivity index (χ4v) is 1.54. The van der Waals surface area contributed by atoms with Gasteiger partial charge in [0.05, 0.1) is 5.56 Å². The predicted octanol–water partition coefficient (Wildman–Crippen LogP) is 2.36. The highest BCUT2D eigenvalue weighted by atomic mass is 35.5. The zero-order valence-corrected chi connectivity index (χ0v) is 9.72. The van der Waals surface area contributed by atoms with Crippen molar-refractivity contribution in [1.82, 2.24) is 4.90 Å². The number of hydrogen-bond donors (Lipinski definition) is 1. The highest BCUT2D eigenvalue weighted by molar-refractivity contribution is 6.30. The normalized spacial score (nSPS) is 10.1. The van der Waals surface area contributed by atoms with Gasteiger partial charge in [-0.25, -0.2) is 0 Å². The van der Waals surface area contributed by atoms with E-state index in [1.807, 2.05) is 0 Å². The number of alkyl halides is 1. The number of hydrogen-bond acceptors (Lipinski definition) is 2. The molecule has 3 nitrogen and oxygen atoms in total. The topological polar surface area (TPSA) is 40.5 Å². The molecule has 0 spiro atoms. The van der Waals surface area contributed by atoms with Gasteiger partial charge < -0.3 is 10.0 Å². The molecule has 1 rings (SSSR count). The molecule has 0 aromatic heterocycles. The molecule has 0 unspecified atom stereocenters. The highest BCUT2D eigenvalue weighted by Gasteiger charge is 2.15. The minimum Gasteiger partial charge on any atom is -0.507 e. The van der Waals surface area contributed by atoms with Gasteiger partial charge in [0.25, 0.3) is 5.91 Å². The van der Waals surface area contributed by atoms with Crippen LogP contribution in [-0.2, 0) is 0 Å². The first-order valence-corrected chi connectivity index (χ1v) is 5.27. The fourth-order valence-electron chi connectivity index (χ4n) is 1.12.